The van der Waals surface area contributed by atoms with Crippen LogP contribution in [0.25, 0.3) is 0 Å². The Balaban J connectivity index is 1.76. The number of carbonyl (C=O) groups excluding carboxylic acids is 1. The van der Waals surface area contributed by atoms with Gasteiger partial charge in [0.25, 0.3) is 0 Å². The van der Waals surface area contributed by atoms with E-state index in [2.05, 4.69) is 19.2 Å². The fourth-order valence-corrected chi connectivity index (χ4v) is 8.77. The minimum Gasteiger partial charge on any atom is -0.504 e. The van der Waals surface area contributed by atoms with Gasteiger partial charge in [0.15, 0.2) is 11.5 Å². The summed E-state index contributed by atoms with van der Waals surface area (Å²) in [6, 6.07) is 5.10. The van der Waals surface area contributed by atoms with Gasteiger partial charge in [0, 0.05) is 25.0 Å². The summed E-state index contributed by atoms with van der Waals surface area (Å²) >= 11 is 0. The first-order valence-corrected chi connectivity index (χ1v) is 14.4. The molecule has 1 unspecified atom stereocenters. The number of benzene rings is 1. The lowest BCUT2D eigenvalue weighted by Crippen LogP contribution is -2.62. The van der Waals surface area contributed by atoms with Crippen molar-refractivity contribution in [2.45, 2.75) is 97.4 Å². The molecule has 3 N–H and O–H groups in total. The second-order valence-electron chi connectivity index (χ2n) is 11.8. The molecule has 3 aliphatic rings. The molecule has 3 fully saturated rings. The van der Waals surface area contributed by atoms with E-state index in [-0.39, 0.29) is 40.4 Å². The molecule has 2 saturated carbocycles. The standard InChI is InChI=1S/C30H46N2O5/c1-4-28(14-8-6-9-15-28)30(29(5-2)16-10-7-11-17-29)21-32(27(35)36)20-23(30)26(34)31-19-22-12-13-24(33)25(18-22)37-3/h12-13,18,23,33H,4-11,14-17,19-21H2,1-3H3,(H,31,34)(H,35,36). The van der Waals surface area contributed by atoms with E-state index < -0.39 is 6.09 Å². The number of aromatic hydroxyl groups is 1. The van der Waals surface area contributed by atoms with Gasteiger partial charge in [-0.25, -0.2) is 4.79 Å². The van der Waals surface area contributed by atoms with Gasteiger partial charge in [0.1, 0.15) is 0 Å². The summed E-state index contributed by atoms with van der Waals surface area (Å²) in [4.78, 5) is 28.2. The Morgan fingerprint density at radius 1 is 1.00 bits per heavy atom. The highest BCUT2D eigenvalue weighted by Gasteiger charge is 2.69. The van der Waals surface area contributed by atoms with E-state index in [4.69, 9.17) is 4.74 Å². The van der Waals surface area contributed by atoms with Crippen molar-refractivity contribution in [3.8, 4) is 11.5 Å². The molecular weight excluding hydrogens is 468 g/mol. The SMILES string of the molecule is CCC1(C2(C3(CC)CCCCC3)CN(C(=O)O)CC2C(=O)NCc2ccc(O)c(OC)c2)CCCCC1. The average Bonchev–Trinajstić information content (AvgIpc) is 3.36. The minimum absolute atomic E-state index is 0.0346. The lowest BCUT2D eigenvalue weighted by atomic mass is 9.40. The molecule has 7 heteroatoms. The van der Waals surface area contributed by atoms with Gasteiger partial charge in [-0.05, 0) is 67.1 Å². The molecule has 0 spiro atoms. The zero-order valence-corrected chi connectivity index (χ0v) is 23.0. The lowest BCUT2D eigenvalue weighted by molar-refractivity contribution is -0.164. The number of hydrogen-bond donors (Lipinski definition) is 3. The van der Waals surface area contributed by atoms with Crippen molar-refractivity contribution in [3.05, 3.63) is 23.8 Å². The number of nitrogens with one attached hydrogen (secondary N) is 1. The van der Waals surface area contributed by atoms with Crippen molar-refractivity contribution in [3.63, 3.8) is 0 Å². The van der Waals surface area contributed by atoms with Crippen LogP contribution in [0.5, 0.6) is 11.5 Å². The summed E-state index contributed by atoms with van der Waals surface area (Å²) in [5.74, 6) is 0.0263. The number of rotatable bonds is 8. The molecule has 1 aromatic carbocycles. The van der Waals surface area contributed by atoms with Gasteiger partial charge in [0.2, 0.25) is 5.91 Å². The monoisotopic (exact) mass is 514 g/mol. The summed E-state index contributed by atoms with van der Waals surface area (Å²) in [5, 5.41) is 23.4. The van der Waals surface area contributed by atoms with E-state index in [1.54, 1.807) is 23.1 Å². The van der Waals surface area contributed by atoms with Crippen molar-refractivity contribution in [2.75, 3.05) is 20.2 Å². The van der Waals surface area contributed by atoms with Gasteiger partial charge in [-0.1, -0.05) is 58.4 Å². The quantitative estimate of drug-likeness (QED) is 0.376. The summed E-state index contributed by atoms with van der Waals surface area (Å²) < 4.78 is 5.25. The molecule has 0 bridgehead atoms. The van der Waals surface area contributed by atoms with Crippen LogP contribution in [0.3, 0.4) is 0 Å². The van der Waals surface area contributed by atoms with E-state index in [1.807, 2.05) is 0 Å². The van der Waals surface area contributed by atoms with E-state index in [9.17, 15) is 19.8 Å². The molecule has 206 valence electrons. The number of phenols is 1. The van der Waals surface area contributed by atoms with Crippen LogP contribution in [-0.4, -0.2) is 47.3 Å². The molecule has 1 heterocycles. The third-order valence-electron chi connectivity index (χ3n) is 10.6. The van der Waals surface area contributed by atoms with Crippen LogP contribution in [0.1, 0.15) is 96.5 Å². The van der Waals surface area contributed by atoms with Crippen LogP contribution in [0.2, 0.25) is 0 Å². The fraction of sp³-hybridized carbons (Fsp3) is 0.733. The number of hydrogen-bond acceptors (Lipinski definition) is 4. The third kappa shape index (κ3) is 4.67. The van der Waals surface area contributed by atoms with Gasteiger partial charge in [0.05, 0.1) is 13.0 Å². The molecule has 0 radical (unpaired) electrons. The summed E-state index contributed by atoms with van der Waals surface area (Å²) in [6.45, 7) is 5.60. The second kappa shape index (κ2) is 11.1. The van der Waals surface area contributed by atoms with Crippen LogP contribution >= 0.6 is 0 Å². The second-order valence-corrected chi connectivity index (χ2v) is 11.8. The van der Waals surface area contributed by atoms with Gasteiger partial charge in [-0.3, -0.25) is 4.79 Å². The Morgan fingerprint density at radius 2 is 1.57 bits per heavy atom. The molecule has 2 amide bonds. The number of ether oxygens (including phenoxy) is 1. The molecule has 4 rings (SSSR count). The van der Waals surface area contributed by atoms with E-state index in [0.717, 1.165) is 69.8 Å². The highest BCUT2D eigenvalue weighted by atomic mass is 16.5. The van der Waals surface area contributed by atoms with Crippen molar-refractivity contribution in [1.82, 2.24) is 10.2 Å². The van der Waals surface area contributed by atoms with Crippen LogP contribution in [0.15, 0.2) is 18.2 Å². The topological polar surface area (TPSA) is 99.1 Å². The van der Waals surface area contributed by atoms with Crippen molar-refractivity contribution < 1.29 is 24.5 Å². The van der Waals surface area contributed by atoms with Crippen molar-refractivity contribution in [1.29, 1.82) is 0 Å². The summed E-state index contributed by atoms with van der Waals surface area (Å²) in [7, 11) is 1.51. The molecule has 7 nitrogen and oxygen atoms in total. The van der Waals surface area contributed by atoms with E-state index in [1.165, 1.54) is 20.0 Å². The Kier molecular flexibility index (Phi) is 8.29. The zero-order valence-electron chi connectivity index (χ0n) is 23.0. The average molecular weight is 515 g/mol. The predicted molar refractivity (Wildman–Crippen MR) is 144 cm³/mol. The number of likely N-dealkylation sites (tertiary alicyclic amines) is 1. The van der Waals surface area contributed by atoms with Gasteiger partial charge in [-0.2, -0.15) is 0 Å². The molecule has 1 aliphatic heterocycles. The van der Waals surface area contributed by atoms with Crippen molar-refractivity contribution >= 4 is 12.0 Å². The van der Waals surface area contributed by atoms with E-state index in [0.29, 0.717) is 18.8 Å². The maximum absolute atomic E-state index is 14.2. The molecule has 1 saturated heterocycles. The number of nitrogens with zero attached hydrogens (tertiary/aromatic N) is 1. The molecule has 2 aliphatic carbocycles. The maximum Gasteiger partial charge on any atom is 0.407 e. The lowest BCUT2D eigenvalue weighted by Gasteiger charge is -2.63. The number of methoxy groups -OCH3 is 1. The zero-order chi connectivity index (χ0) is 26.7. The van der Waals surface area contributed by atoms with Crippen LogP contribution < -0.4 is 10.1 Å². The molecule has 1 atom stereocenters. The Hall–Kier alpha value is -2.44. The largest absolute Gasteiger partial charge is 0.504 e. The number of carboxylic acid groups (broad SMARTS) is 1. The third-order valence-corrected chi connectivity index (χ3v) is 10.6. The summed E-state index contributed by atoms with van der Waals surface area (Å²) in [6.07, 6.45) is 12.5. The van der Waals surface area contributed by atoms with Crippen LogP contribution in [-0.2, 0) is 11.3 Å². The number of carbonyl (C=O) groups is 2. The number of amides is 2. The predicted octanol–water partition coefficient (Wildman–Crippen LogP) is 6.33. The maximum atomic E-state index is 14.2. The Morgan fingerprint density at radius 3 is 2.05 bits per heavy atom. The molecule has 37 heavy (non-hydrogen) atoms. The Labute approximate surface area is 222 Å². The first kappa shape index (κ1) is 27.6. The summed E-state index contributed by atoms with van der Waals surface area (Å²) in [5.41, 5.74) is 0.394. The normalized spacial score (nSPS) is 24.4. The van der Waals surface area contributed by atoms with E-state index >= 15 is 0 Å². The van der Waals surface area contributed by atoms with Gasteiger partial charge < -0.3 is 25.2 Å². The molecule has 0 aromatic heterocycles. The van der Waals surface area contributed by atoms with Gasteiger partial charge in [-0.15, -0.1) is 0 Å². The molecular formula is C30H46N2O5. The van der Waals surface area contributed by atoms with Gasteiger partial charge >= 0.3 is 6.09 Å². The van der Waals surface area contributed by atoms with Crippen LogP contribution in [0, 0.1) is 22.2 Å². The first-order chi connectivity index (χ1) is 17.8. The number of phenolic OH excluding ortho intramolecular Hbond substituents is 1. The minimum atomic E-state index is -0.910. The van der Waals surface area contributed by atoms with Crippen LogP contribution in [0.4, 0.5) is 4.79 Å². The first-order valence-electron chi connectivity index (χ1n) is 14.4. The fourth-order valence-electron chi connectivity index (χ4n) is 8.77. The highest BCUT2D eigenvalue weighted by Crippen LogP contribution is 2.70. The smallest absolute Gasteiger partial charge is 0.407 e. The molecule has 1 aromatic rings. The highest BCUT2D eigenvalue weighted by molar-refractivity contribution is 5.82. The Bertz CT molecular complexity index is 939. The van der Waals surface area contributed by atoms with Crippen molar-refractivity contribution in [2.24, 2.45) is 22.2 Å².